The van der Waals surface area contributed by atoms with E-state index in [1.807, 2.05) is 12.1 Å². The quantitative estimate of drug-likeness (QED) is 0.741. The average molecular weight is 292 g/mol. The van der Waals surface area contributed by atoms with E-state index in [4.69, 9.17) is 0 Å². The van der Waals surface area contributed by atoms with Crippen LogP contribution in [0.2, 0.25) is 0 Å². The van der Waals surface area contributed by atoms with Crippen molar-refractivity contribution >= 4 is 23.5 Å². The van der Waals surface area contributed by atoms with Crippen molar-refractivity contribution in [2.75, 3.05) is 19.5 Å². The van der Waals surface area contributed by atoms with Crippen molar-refractivity contribution in [3.05, 3.63) is 29.8 Å². The third-order valence-corrected chi connectivity index (χ3v) is 2.94. The number of methoxy groups -OCH3 is 1. The second kappa shape index (κ2) is 8.73. The molecule has 0 aliphatic carbocycles. The molecule has 0 unspecified atom stereocenters. The van der Waals surface area contributed by atoms with Crippen molar-refractivity contribution in [3.8, 4) is 0 Å². The normalized spacial score (nSPS) is 9.81. The van der Waals surface area contributed by atoms with Crippen LogP contribution in [0.25, 0.3) is 0 Å². The summed E-state index contributed by atoms with van der Waals surface area (Å²) in [4.78, 5) is 33.7. The monoisotopic (exact) mass is 292 g/mol. The van der Waals surface area contributed by atoms with E-state index >= 15 is 0 Å². The van der Waals surface area contributed by atoms with Gasteiger partial charge in [0.15, 0.2) is 0 Å². The van der Waals surface area contributed by atoms with Crippen molar-refractivity contribution in [1.29, 1.82) is 0 Å². The number of carbonyl (C=O) groups is 3. The summed E-state index contributed by atoms with van der Waals surface area (Å²) < 4.78 is 4.47. The number of ether oxygens (including phenoxy) is 1. The molecule has 0 spiro atoms. The highest BCUT2D eigenvalue weighted by Gasteiger charge is 2.07. The molecule has 0 atom stereocenters. The minimum atomic E-state index is -0.408. The first-order valence-electron chi connectivity index (χ1n) is 6.71. The molecule has 21 heavy (non-hydrogen) atoms. The molecule has 0 saturated carbocycles. The highest BCUT2D eigenvalue weighted by molar-refractivity contribution is 5.92. The summed E-state index contributed by atoms with van der Waals surface area (Å²) in [5, 5.41) is 5.27. The van der Waals surface area contributed by atoms with Gasteiger partial charge >= 0.3 is 5.97 Å². The van der Waals surface area contributed by atoms with Crippen LogP contribution >= 0.6 is 0 Å². The minimum absolute atomic E-state index is 0.00445. The Hall–Kier alpha value is -2.37. The Morgan fingerprint density at radius 1 is 1.00 bits per heavy atom. The number of carbonyl (C=O) groups excluding carboxylic acids is 3. The summed E-state index contributed by atoms with van der Waals surface area (Å²) in [6, 6.07) is 7.27. The molecular formula is C15H20N2O4. The predicted octanol–water partition coefficient (Wildman–Crippen LogP) is 1.26. The van der Waals surface area contributed by atoms with Gasteiger partial charge in [-0.05, 0) is 24.1 Å². The summed E-state index contributed by atoms with van der Waals surface area (Å²) in [5.74, 6) is -0.650. The van der Waals surface area contributed by atoms with E-state index in [2.05, 4.69) is 15.4 Å². The van der Waals surface area contributed by atoms with Crippen LogP contribution in [0.15, 0.2) is 24.3 Å². The summed E-state index contributed by atoms with van der Waals surface area (Å²) in [6.45, 7) is 0. The molecule has 0 aliphatic heterocycles. The van der Waals surface area contributed by atoms with Crippen LogP contribution in [0.4, 0.5) is 5.69 Å². The van der Waals surface area contributed by atoms with Gasteiger partial charge in [0.1, 0.15) is 0 Å². The van der Waals surface area contributed by atoms with Crippen LogP contribution in [0.5, 0.6) is 0 Å². The molecule has 2 amide bonds. The summed E-state index contributed by atoms with van der Waals surface area (Å²) >= 11 is 0. The van der Waals surface area contributed by atoms with Gasteiger partial charge in [-0.25, -0.2) is 0 Å². The topological polar surface area (TPSA) is 84.5 Å². The number of nitrogens with one attached hydrogen (secondary N) is 2. The molecule has 2 N–H and O–H groups in total. The molecule has 0 saturated heterocycles. The number of hydrogen-bond donors (Lipinski definition) is 2. The molecular weight excluding hydrogens is 272 g/mol. The zero-order chi connectivity index (χ0) is 15.7. The van der Waals surface area contributed by atoms with Crippen LogP contribution in [-0.2, 0) is 25.5 Å². The van der Waals surface area contributed by atoms with Crippen molar-refractivity contribution in [3.63, 3.8) is 0 Å². The maximum absolute atomic E-state index is 11.6. The number of rotatable bonds is 7. The van der Waals surface area contributed by atoms with E-state index < -0.39 is 5.97 Å². The van der Waals surface area contributed by atoms with Crippen molar-refractivity contribution in [2.45, 2.75) is 25.7 Å². The lowest BCUT2D eigenvalue weighted by Gasteiger charge is -2.06. The van der Waals surface area contributed by atoms with Gasteiger partial charge in [0.05, 0.1) is 13.5 Å². The molecule has 6 nitrogen and oxygen atoms in total. The number of esters is 1. The smallest absolute Gasteiger partial charge is 0.306 e. The van der Waals surface area contributed by atoms with Gasteiger partial charge in [-0.3, -0.25) is 14.4 Å². The van der Waals surface area contributed by atoms with E-state index in [1.54, 1.807) is 19.2 Å². The van der Waals surface area contributed by atoms with Gasteiger partial charge in [-0.2, -0.15) is 0 Å². The molecule has 0 fully saturated rings. The van der Waals surface area contributed by atoms with Crippen LogP contribution < -0.4 is 10.6 Å². The van der Waals surface area contributed by atoms with Gasteiger partial charge < -0.3 is 15.4 Å². The fourth-order valence-electron chi connectivity index (χ4n) is 1.68. The predicted molar refractivity (Wildman–Crippen MR) is 78.7 cm³/mol. The zero-order valence-corrected chi connectivity index (χ0v) is 12.3. The van der Waals surface area contributed by atoms with E-state index in [9.17, 15) is 14.4 Å². The van der Waals surface area contributed by atoms with Crippen LogP contribution in [-0.4, -0.2) is 31.9 Å². The van der Waals surface area contributed by atoms with Gasteiger partial charge in [-0.15, -0.1) is 0 Å². The van der Waals surface area contributed by atoms with Crippen LogP contribution in [0.1, 0.15) is 24.8 Å². The van der Waals surface area contributed by atoms with Gasteiger partial charge in [-0.1, -0.05) is 12.1 Å². The summed E-state index contributed by atoms with van der Waals surface area (Å²) in [6.07, 6.45) is 1.23. The molecule has 114 valence electrons. The molecule has 6 heteroatoms. The zero-order valence-electron chi connectivity index (χ0n) is 12.3. The Labute approximate surface area is 123 Å². The molecule has 0 aliphatic rings. The number of hydrogen-bond acceptors (Lipinski definition) is 4. The third kappa shape index (κ3) is 6.56. The first kappa shape index (κ1) is 16.7. The van der Waals surface area contributed by atoms with E-state index in [-0.39, 0.29) is 24.7 Å². The summed E-state index contributed by atoms with van der Waals surface area (Å²) in [7, 11) is 2.90. The fraction of sp³-hybridized carbons (Fsp3) is 0.400. The lowest BCUT2D eigenvalue weighted by molar-refractivity contribution is -0.141. The van der Waals surface area contributed by atoms with Crippen molar-refractivity contribution in [1.82, 2.24) is 5.32 Å². The van der Waals surface area contributed by atoms with E-state index in [0.717, 1.165) is 5.56 Å². The first-order chi connectivity index (χ1) is 10.0. The molecule has 0 heterocycles. The Balaban J connectivity index is 2.41. The second-order valence-corrected chi connectivity index (χ2v) is 4.49. The van der Waals surface area contributed by atoms with E-state index in [1.165, 1.54) is 7.11 Å². The molecule has 0 aromatic heterocycles. The van der Waals surface area contributed by atoms with Gasteiger partial charge in [0.25, 0.3) is 0 Å². The Bertz CT molecular complexity index is 497. The highest BCUT2D eigenvalue weighted by atomic mass is 16.5. The molecule has 0 bridgehead atoms. The van der Waals surface area contributed by atoms with Gasteiger partial charge in [0.2, 0.25) is 11.8 Å². The minimum Gasteiger partial charge on any atom is -0.469 e. The molecule has 0 radical (unpaired) electrons. The maximum atomic E-state index is 11.6. The third-order valence-electron chi connectivity index (χ3n) is 2.94. The molecule has 1 aromatic carbocycles. The van der Waals surface area contributed by atoms with Crippen molar-refractivity contribution in [2.24, 2.45) is 0 Å². The standard InChI is InChI=1S/C15H20N2O4/c1-16-13(18)8-5-11-3-6-12(7-4-11)17-14(19)9-10-15(20)21-2/h3-4,6-7H,5,8-10H2,1-2H3,(H,16,18)(H,17,19). The first-order valence-corrected chi connectivity index (χ1v) is 6.71. The highest BCUT2D eigenvalue weighted by Crippen LogP contribution is 2.11. The number of anilines is 1. The summed E-state index contributed by atoms with van der Waals surface area (Å²) in [5.41, 5.74) is 1.68. The maximum Gasteiger partial charge on any atom is 0.306 e. The lowest BCUT2D eigenvalue weighted by atomic mass is 10.1. The van der Waals surface area contributed by atoms with E-state index in [0.29, 0.717) is 18.5 Å². The Morgan fingerprint density at radius 2 is 1.67 bits per heavy atom. The Morgan fingerprint density at radius 3 is 2.24 bits per heavy atom. The lowest BCUT2D eigenvalue weighted by Crippen LogP contribution is -2.17. The number of aryl methyl sites for hydroxylation is 1. The number of benzene rings is 1. The van der Waals surface area contributed by atoms with Crippen molar-refractivity contribution < 1.29 is 19.1 Å². The van der Waals surface area contributed by atoms with Crippen LogP contribution in [0, 0.1) is 0 Å². The Kier molecular flexibility index (Phi) is 6.94. The molecule has 1 aromatic rings. The van der Waals surface area contributed by atoms with Crippen LogP contribution in [0.3, 0.4) is 0 Å². The largest absolute Gasteiger partial charge is 0.469 e. The second-order valence-electron chi connectivity index (χ2n) is 4.49. The number of amides is 2. The molecule has 1 rings (SSSR count). The fourth-order valence-corrected chi connectivity index (χ4v) is 1.68. The SMILES string of the molecule is CNC(=O)CCc1ccc(NC(=O)CCC(=O)OC)cc1. The average Bonchev–Trinajstić information content (AvgIpc) is 2.51. The van der Waals surface area contributed by atoms with Gasteiger partial charge in [0, 0.05) is 25.6 Å².